The van der Waals surface area contributed by atoms with Crippen LogP contribution >= 0.6 is 0 Å². The summed E-state index contributed by atoms with van der Waals surface area (Å²) in [6, 6.07) is 8.18. The molecule has 120 valence electrons. The molecule has 3 unspecified atom stereocenters. The molecule has 4 rings (SSSR count). The highest BCUT2D eigenvalue weighted by molar-refractivity contribution is 5.84. The van der Waals surface area contributed by atoms with Crippen LogP contribution in [-0.4, -0.2) is 37.4 Å². The van der Waals surface area contributed by atoms with Gasteiger partial charge in [0.1, 0.15) is 11.9 Å². The van der Waals surface area contributed by atoms with Crippen LogP contribution in [0.4, 0.5) is 0 Å². The highest BCUT2D eigenvalue weighted by Gasteiger charge is 2.32. The second-order valence-electron chi connectivity index (χ2n) is 6.98. The summed E-state index contributed by atoms with van der Waals surface area (Å²) in [5, 5.41) is 0. The average Bonchev–Trinajstić information content (AvgIpc) is 2.75. The van der Waals surface area contributed by atoms with E-state index in [1.54, 1.807) is 0 Å². The number of aliphatic imine (C=N–C) groups is 1. The molecule has 0 amide bonds. The second kappa shape index (κ2) is 6.32. The molecule has 3 atom stereocenters. The van der Waals surface area contributed by atoms with E-state index in [0.29, 0.717) is 5.92 Å². The van der Waals surface area contributed by atoms with Crippen molar-refractivity contribution >= 4 is 6.21 Å². The van der Waals surface area contributed by atoms with Crippen molar-refractivity contribution in [1.82, 2.24) is 4.90 Å². The van der Waals surface area contributed by atoms with Gasteiger partial charge in [-0.3, -0.25) is 4.99 Å². The van der Waals surface area contributed by atoms with Crippen LogP contribution in [0.3, 0.4) is 0 Å². The summed E-state index contributed by atoms with van der Waals surface area (Å²) in [5.74, 6) is 2.12. The van der Waals surface area contributed by atoms with Crippen LogP contribution in [0.15, 0.2) is 53.2 Å². The number of ether oxygens (including phenoxy) is 1. The van der Waals surface area contributed by atoms with Gasteiger partial charge in [0.2, 0.25) is 0 Å². The minimum Gasteiger partial charge on any atom is -0.483 e. The fraction of sp³-hybridized carbons (Fsp3) is 0.450. The number of benzene rings is 1. The lowest BCUT2D eigenvalue weighted by molar-refractivity contribution is 0.139. The molecule has 0 bridgehead atoms. The van der Waals surface area contributed by atoms with Gasteiger partial charge in [0.05, 0.1) is 5.70 Å². The minimum absolute atomic E-state index is 0.0483. The molecule has 1 aliphatic carbocycles. The quantitative estimate of drug-likeness (QED) is 0.833. The van der Waals surface area contributed by atoms with Crippen LogP contribution < -0.4 is 4.74 Å². The first kappa shape index (κ1) is 14.7. The van der Waals surface area contributed by atoms with Crippen LogP contribution in [-0.2, 0) is 0 Å². The largest absolute Gasteiger partial charge is 0.483 e. The third-order valence-electron chi connectivity index (χ3n) is 5.16. The molecule has 1 aromatic rings. The van der Waals surface area contributed by atoms with Crippen LogP contribution in [0.2, 0.25) is 0 Å². The smallest absolute Gasteiger partial charge is 0.147 e. The Morgan fingerprint density at radius 2 is 2.22 bits per heavy atom. The standard InChI is InChI=1S/C20H24N2O/c1-22-11-5-6-15(14-22)12-16-8-4-9-18-20(16)23-19-10-3-2-7-17(19)13-21-18/h2-4,7-10,13,15-16,20H,5-6,11-12,14H2,1H3. The van der Waals surface area contributed by atoms with Gasteiger partial charge in [0, 0.05) is 24.2 Å². The Balaban J connectivity index is 1.55. The Morgan fingerprint density at radius 1 is 1.30 bits per heavy atom. The fourth-order valence-electron chi connectivity index (χ4n) is 4.00. The van der Waals surface area contributed by atoms with Crippen LogP contribution in [0, 0.1) is 11.8 Å². The number of likely N-dealkylation sites (tertiary alicyclic amines) is 1. The van der Waals surface area contributed by atoms with Crippen LogP contribution in [0.1, 0.15) is 24.8 Å². The summed E-state index contributed by atoms with van der Waals surface area (Å²) in [6.07, 6.45) is 12.4. The van der Waals surface area contributed by atoms with Crippen molar-refractivity contribution < 1.29 is 4.74 Å². The van der Waals surface area contributed by atoms with Gasteiger partial charge in [-0.15, -0.1) is 0 Å². The van der Waals surface area contributed by atoms with Crippen molar-refractivity contribution in [1.29, 1.82) is 0 Å². The second-order valence-corrected chi connectivity index (χ2v) is 6.98. The maximum Gasteiger partial charge on any atom is 0.147 e. The van der Waals surface area contributed by atoms with E-state index in [4.69, 9.17) is 9.73 Å². The fourth-order valence-corrected chi connectivity index (χ4v) is 4.00. The lowest BCUT2D eigenvalue weighted by Crippen LogP contribution is -2.36. The maximum absolute atomic E-state index is 6.38. The number of hydrogen-bond donors (Lipinski definition) is 0. The average molecular weight is 308 g/mol. The van der Waals surface area contributed by atoms with Gasteiger partial charge in [-0.1, -0.05) is 24.3 Å². The minimum atomic E-state index is 0.0483. The zero-order chi connectivity index (χ0) is 15.6. The zero-order valence-electron chi connectivity index (χ0n) is 13.7. The van der Waals surface area contributed by atoms with E-state index in [1.807, 2.05) is 24.4 Å². The molecule has 3 nitrogen and oxygen atoms in total. The van der Waals surface area contributed by atoms with Gasteiger partial charge < -0.3 is 9.64 Å². The zero-order valence-corrected chi connectivity index (χ0v) is 13.7. The first-order valence-corrected chi connectivity index (χ1v) is 8.66. The van der Waals surface area contributed by atoms with E-state index in [2.05, 4.69) is 36.2 Å². The Morgan fingerprint density at radius 3 is 3.13 bits per heavy atom. The number of hydrogen-bond acceptors (Lipinski definition) is 3. The molecule has 0 saturated carbocycles. The molecular formula is C20H24N2O. The Hall–Kier alpha value is -1.87. The van der Waals surface area contributed by atoms with Gasteiger partial charge >= 0.3 is 0 Å². The molecule has 0 aromatic heterocycles. The van der Waals surface area contributed by atoms with Gasteiger partial charge in [0.25, 0.3) is 0 Å². The van der Waals surface area contributed by atoms with Crippen molar-refractivity contribution in [2.24, 2.45) is 16.8 Å². The number of piperidine rings is 1. The van der Waals surface area contributed by atoms with E-state index in [1.165, 1.54) is 32.4 Å². The third-order valence-corrected chi connectivity index (χ3v) is 5.16. The van der Waals surface area contributed by atoms with Crippen molar-refractivity contribution in [3.8, 4) is 5.75 Å². The molecule has 2 heterocycles. The van der Waals surface area contributed by atoms with Crippen LogP contribution in [0.5, 0.6) is 5.75 Å². The maximum atomic E-state index is 6.38. The number of allylic oxidation sites excluding steroid dienone is 2. The number of para-hydroxylation sites is 1. The highest BCUT2D eigenvalue weighted by Crippen LogP contribution is 2.35. The van der Waals surface area contributed by atoms with Crippen molar-refractivity contribution in [3.63, 3.8) is 0 Å². The van der Waals surface area contributed by atoms with Gasteiger partial charge in [0.15, 0.2) is 0 Å². The first-order valence-electron chi connectivity index (χ1n) is 8.66. The summed E-state index contributed by atoms with van der Waals surface area (Å²) in [5.41, 5.74) is 2.12. The molecular weight excluding hydrogens is 284 g/mol. The van der Waals surface area contributed by atoms with E-state index >= 15 is 0 Å². The normalized spacial score (nSPS) is 30.0. The third kappa shape index (κ3) is 3.11. The lowest BCUT2D eigenvalue weighted by atomic mass is 9.83. The molecule has 3 heteroatoms. The lowest BCUT2D eigenvalue weighted by Gasteiger charge is -2.34. The van der Waals surface area contributed by atoms with Gasteiger partial charge in [-0.2, -0.15) is 0 Å². The summed E-state index contributed by atoms with van der Waals surface area (Å²) in [7, 11) is 2.23. The van der Waals surface area contributed by atoms with E-state index in [9.17, 15) is 0 Å². The van der Waals surface area contributed by atoms with E-state index < -0.39 is 0 Å². The number of nitrogens with zero attached hydrogens (tertiary/aromatic N) is 2. The molecule has 1 saturated heterocycles. The number of rotatable bonds is 2. The Kier molecular flexibility index (Phi) is 4.04. The van der Waals surface area contributed by atoms with E-state index in [0.717, 1.165) is 22.9 Å². The number of fused-ring (bicyclic) bond motifs is 2. The predicted octanol–water partition coefficient (Wildman–Crippen LogP) is 3.67. The van der Waals surface area contributed by atoms with Crippen molar-refractivity contribution in [2.75, 3.05) is 20.1 Å². The van der Waals surface area contributed by atoms with Crippen LogP contribution in [0.25, 0.3) is 0 Å². The summed E-state index contributed by atoms with van der Waals surface area (Å²) in [4.78, 5) is 7.15. The van der Waals surface area contributed by atoms with Gasteiger partial charge in [-0.25, -0.2) is 0 Å². The molecule has 1 aromatic carbocycles. The monoisotopic (exact) mass is 308 g/mol. The molecule has 3 aliphatic rings. The topological polar surface area (TPSA) is 24.8 Å². The molecule has 0 spiro atoms. The first-order chi connectivity index (χ1) is 11.3. The van der Waals surface area contributed by atoms with Crippen molar-refractivity contribution in [3.05, 3.63) is 53.8 Å². The van der Waals surface area contributed by atoms with Gasteiger partial charge in [-0.05, 0) is 57.0 Å². The SMILES string of the molecule is CN1CCCC(CC2C=CC=C3N=Cc4ccccc4OC32)C1. The summed E-state index contributed by atoms with van der Waals surface area (Å²) in [6.45, 7) is 2.44. The Labute approximate surface area is 138 Å². The highest BCUT2D eigenvalue weighted by atomic mass is 16.5. The summed E-state index contributed by atoms with van der Waals surface area (Å²) >= 11 is 0. The molecule has 1 fully saturated rings. The Bertz CT molecular complexity index is 661. The molecule has 2 aliphatic heterocycles. The predicted molar refractivity (Wildman–Crippen MR) is 94.0 cm³/mol. The summed E-state index contributed by atoms with van der Waals surface area (Å²) < 4.78 is 6.38. The molecule has 0 radical (unpaired) electrons. The molecule has 23 heavy (non-hydrogen) atoms. The van der Waals surface area contributed by atoms with Crippen molar-refractivity contribution in [2.45, 2.75) is 25.4 Å². The van der Waals surface area contributed by atoms with E-state index in [-0.39, 0.29) is 6.10 Å². The molecule has 0 N–H and O–H groups in total.